The largest absolute Gasteiger partial charge is 0.0833 e. The predicted octanol–water partition coefficient (Wildman–Crippen LogP) is 11.9. The summed E-state index contributed by atoms with van der Waals surface area (Å²) in [5.74, 6) is 0. The monoisotopic (exact) mass is 652 g/mol. The third-order valence-corrected chi connectivity index (χ3v) is 17.7. The van der Waals surface area contributed by atoms with Gasteiger partial charge in [-0.15, -0.1) is 0 Å². The summed E-state index contributed by atoms with van der Waals surface area (Å²) in [5.41, 5.74) is 8.55. The highest BCUT2D eigenvalue weighted by atomic mass is 32.1. The van der Waals surface area contributed by atoms with Crippen LogP contribution in [0.15, 0.2) is 182 Å². The first-order valence-electron chi connectivity index (χ1n) is 16.8. The molecule has 0 amide bonds. The molecule has 0 fully saturated rings. The second-order valence-corrected chi connectivity index (χ2v) is 18.7. The quantitative estimate of drug-likeness (QED) is 0.150. The van der Waals surface area contributed by atoms with Crippen LogP contribution in [0.5, 0.6) is 0 Å². The van der Waals surface area contributed by atoms with E-state index in [1.54, 1.807) is 0 Å². The normalized spacial score (nSPS) is 15.9. The van der Waals surface area contributed by atoms with Crippen LogP contribution in [0.25, 0.3) is 38.2 Å². The highest BCUT2D eigenvalue weighted by Crippen LogP contribution is 2.72. The Morgan fingerprint density at radius 1 is 0.479 bits per heavy atom. The minimum absolute atomic E-state index is 0.374. The Morgan fingerprint density at radius 3 is 1.71 bits per heavy atom. The number of allylic oxidation sites excluding steroid dienone is 4. The topological polar surface area (TPSA) is 0 Å². The molecule has 7 aromatic rings. The van der Waals surface area contributed by atoms with Gasteiger partial charge in [0.05, 0.1) is 0 Å². The molecule has 232 valence electrons. The maximum atomic E-state index is 2.51. The Bertz CT molecular complexity index is 2300. The lowest BCUT2D eigenvalue weighted by Crippen LogP contribution is -2.23. The van der Waals surface area contributed by atoms with Crippen LogP contribution < -0.4 is 15.9 Å². The molecular weight excluding hydrogens is 614 g/mol. The van der Waals surface area contributed by atoms with Gasteiger partial charge in [-0.2, -0.15) is 0 Å². The SMILES string of the molecule is CC1=C(c2ccccc2C)C([P@@](c2ccc3ccccc3c2)[P@](c2ccc(-c3ccccc3)cc2)c2ccc3ccccc3c2)CC=C1. The van der Waals surface area contributed by atoms with Crippen LogP contribution in [-0.4, -0.2) is 5.66 Å². The van der Waals surface area contributed by atoms with Crippen molar-refractivity contribution in [3.8, 4) is 11.1 Å². The van der Waals surface area contributed by atoms with Crippen LogP contribution in [0.4, 0.5) is 0 Å². The molecule has 0 nitrogen and oxygen atoms in total. The molecule has 0 spiro atoms. The van der Waals surface area contributed by atoms with E-state index in [4.69, 9.17) is 0 Å². The minimum Gasteiger partial charge on any atom is -0.0833 e. The summed E-state index contributed by atoms with van der Waals surface area (Å²) in [5, 5.41) is 9.60. The van der Waals surface area contributed by atoms with E-state index in [0.29, 0.717) is 5.66 Å². The van der Waals surface area contributed by atoms with Gasteiger partial charge in [0.2, 0.25) is 0 Å². The van der Waals surface area contributed by atoms with Gasteiger partial charge in [0.25, 0.3) is 0 Å². The van der Waals surface area contributed by atoms with Crippen molar-refractivity contribution in [2.45, 2.75) is 25.9 Å². The first kappa shape index (κ1) is 30.7. The molecule has 0 heterocycles. The van der Waals surface area contributed by atoms with Crippen molar-refractivity contribution < 1.29 is 0 Å². The molecule has 0 aromatic heterocycles. The lowest BCUT2D eigenvalue weighted by molar-refractivity contribution is 1.05. The van der Waals surface area contributed by atoms with Crippen molar-refractivity contribution in [3.63, 3.8) is 0 Å². The molecule has 0 N–H and O–H groups in total. The fourth-order valence-corrected chi connectivity index (χ4v) is 16.0. The van der Waals surface area contributed by atoms with E-state index < -0.39 is 15.2 Å². The number of hydrogen-bond donors (Lipinski definition) is 0. The first-order valence-corrected chi connectivity index (χ1v) is 20.3. The molecule has 0 radical (unpaired) electrons. The summed E-state index contributed by atoms with van der Waals surface area (Å²) in [4.78, 5) is 0. The molecule has 3 atom stereocenters. The number of hydrogen-bond acceptors (Lipinski definition) is 0. The minimum atomic E-state index is -0.772. The molecule has 1 unspecified atom stereocenters. The summed E-state index contributed by atoms with van der Waals surface area (Å²) in [6.45, 7) is 4.60. The molecule has 7 aromatic carbocycles. The van der Waals surface area contributed by atoms with E-state index in [1.807, 2.05) is 0 Å². The van der Waals surface area contributed by atoms with Crippen LogP contribution in [0.2, 0.25) is 0 Å². The number of aryl methyl sites for hydroxylation is 1. The average Bonchev–Trinajstić information content (AvgIpc) is 3.14. The second kappa shape index (κ2) is 13.5. The molecule has 2 heteroatoms. The van der Waals surface area contributed by atoms with Crippen molar-refractivity contribution >= 4 is 58.3 Å². The smallest absolute Gasteiger partial charge is 0.0170 e. The van der Waals surface area contributed by atoms with E-state index in [2.05, 4.69) is 190 Å². The van der Waals surface area contributed by atoms with E-state index in [-0.39, 0.29) is 0 Å². The highest BCUT2D eigenvalue weighted by Gasteiger charge is 2.37. The maximum Gasteiger partial charge on any atom is 0.0170 e. The van der Waals surface area contributed by atoms with E-state index in [1.165, 1.54) is 70.9 Å². The van der Waals surface area contributed by atoms with E-state index in [0.717, 1.165) is 6.42 Å². The Kier molecular flexibility index (Phi) is 8.63. The Hall–Kier alpha value is -4.60. The number of rotatable bonds is 7. The van der Waals surface area contributed by atoms with Crippen LogP contribution in [0.1, 0.15) is 24.5 Å². The van der Waals surface area contributed by atoms with Crippen LogP contribution in [0.3, 0.4) is 0 Å². The van der Waals surface area contributed by atoms with Gasteiger partial charge in [0.15, 0.2) is 0 Å². The summed E-state index contributed by atoms with van der Waals surface area (Å²) in [6.07, 6.45) is 5.83. The standard InChI is InChI=1S/C46H38P2/c1-33-13-6-11-21-44(33)46-34(2)14-12-22-45(46)48(43-30-26-37-18-8-10-20-40(37)32-43)47(42-29-25-36-17-7-9-19-39(36)31-42)41-27-23-38(24-28-41)35-15-4-3-5-16-35/h3-21,23-32,45H,22H2,1-2H3/t45?,47-,48-/m1/s1. The molecule has 0 bridgehead atoms. The fourth-order valence-electron chi connectivity index (χ4n) is 7.22. The molecule has 0 saturated heterocycles. The van der Waals surface area contributed by atoms with Gasteiger partial charge in [-0.25, -0.2) is 0 Å². The Labute approximate surface area is 286 Å². The molecule has 8 rings (SSSR count). The summed E-state index contributed by atoms with van der Waals surface area (Å²) in [7, 11) is -1.50. The van der Waals surface area contributed by atoms with Crippen molar-refractivity contribution in [1.82, 2.24) is 0 Å². The lowest BCUT2D eigenvalue weighted by Gasteiger charge is -2.39. The zero-order chi connectivity index (χ0) is 32.5. The van der Waals surface area contributed by atoms with Crippen molar-refractivity contribution in [3.05, 3.63) is 193 Å². The molecular formula is C46H38P2. The van der Waals surface area contributed by atoms with Gasteiger partial charge < -0.3 is 0 Å². The first-order chi connectivity index (χ1) is 23.6. The molecule has 1 aliphatic rings. The molecule has 0 aliphatic heterocycles. The van der Waals surface area contributed by atoms with E-state index in [9.17, 15) is 0 Å². The Morgan fingerprint density at radius 2 is 1.02 bits per heavy atom. The van der Waals surface area contributed by atoms with E-state index >= 15 is 0 Å². The Balaban J connectivity index is 1.38. The van der Waals surface area contributed by atoms with Crippen molar-refractivity contribution in [1.29, 1.82) is 0 Å². The van der Waals surface area contributed by atoms with Gasteiger partial charge in [0, 0.05) is 5.66 Å². The maximum absolute atomic E-state index is 2.51. The zero-order valence-corrected chi connectivity index (χ0v) is 29.2. The number of fused-ring (bicyclic) bond motifs is 2. The molecule has 1 aliphatic carbocycles. The average molecular weight is 653 g/mol. The van der Waals surface area contributed by atoms with Crippen LogP contribution in [0, 0.1) is 6.92 Å². The van der Waals surface area contributed by atoms with Gasteiger partial charge in [-0.3, -0.25) is 0 Å². The third kappa shape index (κ3) is 5.97. The van der Waals surface area contributed by atoms with Gasteiger partial charge >= 0.3 is 0 Å². The van der Waals surface area contributed by atoms with Gasteiger partial charge in [0.1, 0.15) is 0 Å². The second-order valence-electron chi connectivity index (χ2n) is 12.7. The summed E-state index contributed by atoms with van der Waals surface area (Å²) in [6, 6.07) is 61.6. The number of benzene rings is 7. The fraction of sp³-hybridized carbons (Fsp3) is 0.0870. The molecule has 48 heavy (non-hydrogen) atoms. The van der Waals surface area contributed by atoms with Gasteiger partial charge in [-0.05, 0) is 118 Å². The van der Waals surface area contributed by atoms with Crippen molar-refractivity contribution in [2.75, 3.05) is 0 Å². The summed E-state index contributed by atoms with van der Waals surface area (Å²) < 4.78 is 0. The highest BCUT2D eigenvalue weighted by molar-refractivity contribution is 8.39. The molecule has 0 saturated carbocycles. The van der Waals surface area contributed by atoms with Crippen LogP contribution in [-0.2, 0) is 0 Å². The van der Waals surface area contributed by atoms with Crippen molar-refractivity contribution in [2.24, 2.45) is 0 Å². The van der Waals surface area contributed by atoms with Gasteiger partial charge in [-0.1, -0.05) is 164 Å². The zero-order valence-electron chi connectivity index (χ0n) is 27.4. The predicted molar refractivity (Wildman–Crippen MR) is 214 cm³/mol. The third-order valence-electron chi connectivity index (χ3n) is 9.63. The summed E-state index contributed by atoms with van der Waals surface area (Å²) >= 11 is 0. The lowest BCUT2D eigenvalue weighted by atomic mass is 9.89. The van der Waals surface area contributed by atoms with Crippen LogP contribution >= 0.6 is 15.2 Å².